The van der Waals surface area contributed by atoms with Crippen molar-refractivity contribution in [3.05, 3.63) is 35.5 Å². The topological polar surface area (TPSA) is 94.9 Å². The maximum Gasteiger partial charge on any atom is 0.216 e. The molecule has 2 aromatic rings. The maximum absolute atomic E-state index is 5.89. The summed E-state index contributed by atoms with van der Waals surface area (Å²) in [5.74, 6) is 2.88. The first-order valence-corrected chi connectivity index (χ1v) is 6.75. The molecule has 1 heterocycles. The lowest BCUT2D eigenvalue weighted by Gasteiger charge is -2.11. The van der Waals surface area contributed by atoms with Gasteiger partial charge in [0.2, 0.25) is 5.89 Å². The molecule has 0 aliphatic heterocycles. The largest absolute Gasteiger partial charge is 0.497 e. The normalized spacial score (nSPS) is 10.9. The molecule has 0 saturated heterocycles. The molecule has 23 heavy (non-hydrogen) atoms. The van der Waals surface area contributed by atoms with Crippen molar-refractivity contribution in [2.45, 2.75) is 20.4 Å². The molecule has 2 rings (SSSR count). The van der Waals surface area contributed by atoms with E-state index in [2.05, 4.69) is 15.3 Å². The standard InChI is InChI=1S/C15H20N4O3.HI/c1-9-10(2)22-14(18-9)8-17-15(16)19-12-7-11(20-3)5-6-13(12)21-4;/h5-7H,8H2,1-4H3,(H3,16,17,19);1H. The van der Waals surface area contributed by atoms with E-state index < -0.39 is 0 Å². The lowest BCUT2D eigenvalue weighted by atomic mass is 10.2. The summed E-state index contributed by atoms with van der Waals surface area (Å²) in [6, 6.07) is 5.37. The third-order valence-corrected chi connectivity index (χ3v) is 3.13. The van der Waals surface area contributed by atoms with Crippen LogP contribution >= 0.6 is 24.0 Å². The Kier molecular flexibility index (Phi) is 7.14. The molecule has 0 aliphatic rings. The molecule has 8 heteroatoms. The molecule has 0 atom stereocenters. The number of guanidine groups is 1. The molecule has 0 radical (unpaired) electrons. The summed E-state index contributed by atoms with van der Waals surface area (Å²) in [5, 5.41) is 2.98. The van der Waals surface area contributed by atoms with E-state index in [0.29, 0.717) is 23.1 Å². The quantitative estimate of drug-likeness (QED) is 0.429. The van der Waals surface area contributed by atoms with E-state index in [1.807, 2.05) is 13.8 Å². The Bertz CT molecular complexity index is 666. The van der Waals surface area contributed by atoms with Gasteiger partial charge in [0.15, 0.2) is 5.96 Å². The fraction of sp³-hybridized carbons (Fsp3) is 0.333. The zero-order chi connectivity index (χ0) is 16.1. The van der Waals surface area contributed by atoms with Gasteiger partial charge in [-0.3, -0.25) is 0 Å². The molecule has 0 amide bonds. The summed E-state index contributed by atoms with van der Waals surface area (Å²) in [4.78, 5) is 8.45. The van der Waals surface area contributed by atoms with E-state index in [0.717, 1.165) is 11.5 Å². The molecule has 1 aromatic heterocycles. The highest BCUT2D eigenvalue weighted by Gasteiger charge is 2.07. The summed E-state index contributed by atoms with van der Waals surface area (Å²) in [5.41, 5.74) is 7.41. The van der Waals surface area contributed by atoms with Crippen molar-refractivity contribution in [3.63, 3.8) is 0 Å². The third-order valence-electron chi connectivity index (χ3n) is 3.13. The maximum atomic E-state index is 5.89. The number of aryl methyl sites for hydroxylation is 2. The van der Waals surface area contributed by atoms with E-state index in [4.69, 9.17) is 19.6 Å². The summed E-state index contributed by atoms with van der Waals surface area (Å²) in [6.45, 7) is 4.01. The first-order chi connectivity index (χ1) is 10.5. The summed E-state index contributed by atoms with van der Waals surface area (Å²) in [7, 11) is 3.18. The Morgan fingerprint density at radius 2 is 2.04 bits per heavy atom. The monoisotopic (exact) mass is 432 g/mol. The van der Waals surface area contributed by atoms with Gasteiger partial charge >= 0.3 is 0 Å². The van der Waals surface area contributed by atoms with Gasteiger partial charge in [-0.15, -0.1) is 24.0 Å². The van der Waals surface area contributed by atoms with Crippen molar-refractivity contribution in [1.82, 2.24) is 4.98 Å². The van der Waals surface area contributed by atoms with Crippen molar-refractivity contribution >= 4 is 35.6 Å². The highest BCUT2D eigenvalue weighted by molar-refractivity contribution is 14.0. The van der Waals surface area contributed by atoms with Crippen LogP contribution in [0.5, 0.6) is 11.5 Å². The Morgan fingerprint density at radius 1 is 1.30 bits per heavy atom. The van der Waals surface area contributed by atoms with E-state index in [1.165, 1.54) is 0 Å². The number of nitrogens with zero attached hydrogens (tertiary/aromatic N) is 2. The molecule has 0 bridgehead atoms. The Labute approximate surface area is 152 Å². The van der Waals surface area contributed by atoms with Crippen molar-refractivity contribution in [2.24, 2.45) is 10.7 Å². The van der Waals surface area contributed by atoms with E-state index in [-0.39, 0.29) is 36.5 Å². The van der Waals surface area contributed by atoms with E-state index >= 15 is 0 Å². The second-order valence-electron chi connectivity index (χ2n) is 4.64. The van der Waals surface area contributed by atoms with Crippen LogP contribution in [-0.4, -0.2) is 25.2 Å². The van der Waals surface area contributed by atoms with Crippen LogP contribution in [0.25, 0.3) is 0 Å². The number of oxazole rings is 1. The van der Waals surface area contributed by atoms with Gasteiger partial charge < -0.3 is 24.9 Å². The second-order valence-corrected chi connectivity index (χ2v) is 4.64. The molecule has 0 spiro atoms. The SMILES string of the molecule is COc1ccc(OC)c(NC(N)=NCc2nc(C)c(C)o2)c1.I. The Balaban J connectivity index is 0.00000264. The molecule has 0 unspecified atom stereocenters. The molecular formula is C15H21IN4O3. The molecule has 3 N–H and O–H groups in total. The average Bonchev–Trinajstić information content (AvgIpc) is 2.83. The fourth-order valence-electron chi connectivity index (χ4n) is 1.85. The first-order valence-electron chi connectivity index (χ1n) is 6.75. The van der Waals surface area contributed by atoms with Gasteiger partial charge in [-0.2, -0.15) is 0 Å². The minimum Gasteiger partial charge on any atom is -0.497 e. The number of aromatic nitrogens is 1. The zero-order valence-corrected chi connectivity index (χ0v) is 15.9. The second kappa shape index (κ2) is 8.61. The molecule has 0 fully saturated rings. The zero-order valence-electron chi connectivity index (χ0n) is 13.5. The van der Waals surface area contributed by atoms with Crippen molar-refractivity contribution in [2.75, 3.05) is 19.5 Å². The van der Waals surface area contributed by atoms with Gasteiger partial charge in [0.05, 0.1) is 25.6 Å². The first kappa shape index (κ1) is 19.1. The number of anilines is 1. The minimum absolute atomic E-state index is 0. The predicted molar refractivity (Wildman–Crippen MR) is 99.9 cm³/mol. The predicted octanol–water partition coefficient (Wildman–Crippen LogP) is 2.85. The van der Waals surface area contributed by atoms with E-state index in [1.54, 1.807) is 32.4 Å². The van der Waals surface area contributed by atoms with Gasteiger partial charge in [0.25, 0.3) is 0 Å². The number of ether oxygens (including phenoxy) is 2. The van der Waals surface area contributed by atoms with Crippen molar-refractivity contribution in [1.29, 1.82) is 0 Å². The highest BCUT2D eigenvalue weighted by Crippen LogP contribution is 2.28. The molecule has 7 nitrogen and oxygen atoms in total. The number of methoxy groups -OCH3 is 2. The smallest absolute Gasteiger partial charge is 0.216 e. The number of rotatable bonds is 5. The number of nitrogens with two attached hydrogens (primary N) is 1. The van der Waals surface area contributed by atoms with Crippen LogP contribution < -0.4 is 20.5 Å². The van der Waals surface area contributed by atoms with Gasteiger partial charge in [-0.1, -0.05) is 0 Å². The van der Waals surface area contributed by atoms with Gasteiger partial charge in [0, 0.05) is 6.07 Å². The van der Waals surface area contributed by atoms with Crippen LogP contribution in [0.2, 0.25) is 0 Å². The van der Waals surface area contributed by atoms with Gasteiger partial charge in [-0.05, 0) is 26.0 Å². The summed E-state index contributed by atoms with van der Waals surface area (Å²) >= 11 is 0. The Morgan fingerprint density at radius 3 is 2.61 bits per heavy atom. The molecular weight excluding hydrogens is 411 g/mol. The third kappa shape index (κ3) is 5.02. The van der Waals surface area contributed by atoms with E-state index in [9.17, 15) is 0 Å². The lowest BCUT2D eigenvalue weighted by molar-refractivity contribution is 0.405. The number of nitrogens with one attached hydrogen (secondary N) is 1. The number of aliphatic imine (C=N–C) groups is 1. The molecule has 1 aromatic carbocycles. The van der Waals surface area contributed by atoms with Crippen LogP contribution in [-0.2, 0) is 6.54 Å². The highest BCUT2D eigenvalue weighted by atomic mass is 127. The van der Waals surface area contributed by atoms with Gasteiger partial charge in [0.1, 0.15) is 23.8 Å². The van der Waals surface area contributed by atoms with Crippen LogP contribution in [0.3, 0.4) is 0 Å². The van der Waals surface area contributed by atoms with Crippen molar-refractivity contribution < 1.29 is 13.9 Å². The van der Waals surface area contributed by atoms with Crippen LogP contribution in [0.4, 0.5) is 5.69 Å². The lowest BCUT2D eigenvalue weighted by Crippen LogP contribution is -2.23. The average molecular weight is 432 g/mol. The fourth-order valence-corrected chi connectivity index (χ4v) is 1.85. The van der Waals surface area contributed by atoms with Crippen molar-refractivity contribution in [3.8, 4) is 11.5 Å². The Hall–Kier alpha value is -1.97. The minimum atomic E-state index is 0. The van der Waals surface area contributed by atoms with Gasteiger partial charge in [-0.25, -0.2) is 9.98 Å². The number of halogens is 1. The molecule has 0 saturated carbocycles. The molecule has 126 valence electrons. The molecule has 0 aliphatic carbocycles. The number of hydrogen-bond acceptors (Lipinski definition) is 5. The number of hydrogen-bond donors (Lipinski definition) is 2. The van der Waals surface area contributed by atoms with Crippen LogP contribution in [0.15, 0.2) is 27.6 Å². The van der Waals surface area contributed by atoms with Crippen LogP contribution in [0, 0.1) is 13.8 Å². The summed E-state index contributed by atoms with van der Waals surface area (Å²) < 4.78 is 15.9. The summed E-state index contributed by atoms with van der Waals surface area (Å²) in [6.07, 6.45) is 0. The number of benzene rings is 1. The van der Waals surface area contributed by atoms with Crippen LogP contribution in [0.1, 0.15) is 17.3 Å².